The second-order valence-corrected chi connectivity index (χ2v) is 3.31. The summed E-state index contributed by atoms with van der Waals surface area (Å²) < 4.78 is 0. The SMILES string of the molecule is Nc1cccc(C2=CCCCN2)c1. The minimum Gasteiger partial charge on any atom is -0.399 e. The van der Waals surface area contributed by atoms with Crippen molar-refractivity contribution < 1.29 is 0 Å². The van der Waals surface area contributed by atoms with Crippen molar-refractivity contribution in [3.63, 3.8) is 0 Å². The van der Waals surface area contributed by atoms with Crippen LogP contribution in [0.2, 0.25) is 0 Å². The molecule has 0 amide bonds. The summed E-state index contributed by atoms with van der Waals surface area (Å²) in [6.45, 7) is 1.07. The lowest BCUT2D eigenvalue weighted by molar-refractivity contribution is 0.743. The van der Waals surface area contributed by atoms with Gasteiger partial charge in [-0.1, -0.05) is 18.2 Å². The van der Waals surface area contributed by atoms with Crippen LogP contribution in [0.25, 0.3) is 5.70 Å². The van der Waals surface area contributed by atoms with E-state index in [2.05, 4.69) is 17.5 Å². The van der Waals surface area contributed by atoms with Crippen molar-refractivity contribution in [1.29, 1.82) is 0 Å². The number of nitrogen functional groups attached to an aromatic ring is 1. The molecule has 0 atom stereocenters. The molecule has 2 nitrogen and oxygen atoms in total. The molecule has 68 valence electrons. The average molecular weight is 174 g/mol. The van der Waals surface area contributed by atoms with E-state index in [1.165, 1.54) is 17.7 Å². The Hall–Kier alpha value is -1.44. The minimum absolute atomic E-state index is 0.825. The molecule has 0 aromatic heterocycles. The lowest BCUT2D eigenvalue weighted by atomic mass is 10.1. The van der Waals surface area contributed by atoms with E-state index in [0.29, 0.717) is 0 Å². The summed E-state index contributed by atoms with van der Waals surface area (Å²) in [5.41, 5.74) is 8.95. The molecule has 0 aliphatic carbocycles. The highest BCUT2D eigenvalue weighted by molar-refractivity contribution is 5.67. The van der Waals surface area contributed by atoms with Gasteiger partial charge in [-0.3, -0.25) is 0 Å². The van der Waals surface area contributed by atoms with Gasteiger partial charge in [0.05, 0.1) is 0 Å². The first-order valence-electron chi connectivity index (χ1n) is 4.66. The highest BCUT2D eigenvalue weighted by Crippen LogP contribution is 2.17. The van der Waals surface area contributed by atoms with Crippen LogP contribution in [0.15, 0.2) is 30.3 Å². The molecule has 0 bridgehead atoms. The third-order valence-corrected chi connectivity index (χ3v) is 2.24. The number of hydrogen-bond acceptors (Lipinski definition) is 2. The fourth-order valence-corrected chi connectivity index (χ4v) is 1.57. The number of hydrogen-bond donors (Lipinski definition) is 2. The van der Waals surface area contributed by atoms with Crippen LogP contribution in [0.3, 0.4) is 0 Å². The first-order chi connectivity index (χ1) is 6.36. The van der Waals surface area contributed by atoms with Gasteiger partial charge in [-0.15, -0.1) is 0 Å². The van der Waals surface area contributed by atoms with Crippen LogP contribution in [0.1, 0.15) is 18.4 Å². The Bertz CT molecular complexity index is 329. The van der Waals surface area contributed by atoms with E-state index in [9.17, 15) is 0 Å². The first kappa shape index (κ1) is 8.17. The fourth-order valence-electron chi connectivity index (χ4n) is 1.57. The second kappa shape index (κ2) is 3.52. The van der Waals surface area contributed by atoms with E-state index in [1.807, 2.05) is 18.2 Å². The van der Waals surface area contributed by atoms with Crippen LogP contribution in [-0.4, -0.2) is 6.54 Å². The Labute approximate surface area is 78.5 Å². The Balaban J connectivity index is 2.29. The van der Waals surface area contributed by atoms with Crippen LogP contribution in [0.5, 0.6) is 0 Å². The molecular formula is C11H14N2. The predicted octanol–water partition coefficient (Wildman–Crippen LogP) is 1.99. The summed E-state index contributed by atoms with van der Waals surface area (Å²) in [4.78, 5) is 0. The molecule has 3 N–H and O–H groups in total. The Kier molecular flexibility index (Phi) is 2.21. The molecule has 0 spiro atoms. The number of nitrogens with one attached hydrogen (secondary N) is 1. The molecule has 2 heteroatoms. The first-order valence-corrected chi connectivity index (χ1v) is 4.66. The molecule has 0 saturated heterocycles. The van der Waals surface area contributed by atoms with E-state index in [0.717, 1.165) is 18.7 Å². The van der Waals surface area contributed by atoms with Crippen LogP contribution < -0.4 is 11.1 Å². The second-order valence-electron chi connectivity index (χ2n) is 3.31. The molecule has 1 aliphatic heterocycles. The molecule has 0 saturated carbocycles. The quantitative estimate of drug-likeness (QED) is 0.639. The van der Waals surface area contributed by atoms with Crippen molar-refractivity contribution in [2.45, 2.75) is 12.8 Å². The summed E-state index contributed by atoms with van der Waals surface area (Å²) in [7, 11) is 0. The van der Waals surface area contributed by atoms with Crippen LogP contribution >= 0.6 is 0 Å². The van der Waals surface area contributed by atoms with Crippen molar-refractivity contribution in [2.24, 2.45) is 0 Å². The molecule has 0 unspecified atom stereocenters. The molecule has 0 fully saturated rings. The van der Waals surface area contributed by atoms with Gasteiger partial charge in [0.1, 0.15) is 0 Å². The molecule has 0 radical (unpaired) electrons. The number of allylic oxidation sites excluding steroid dienone is 1. The summed E-state index contributed by atoms with van der Waals surface area (Å²) in [6, 6.07) is 7.99. The maximum Gasteiger partial charge on any atom is 0.0374 e. The topological polar surface area (TPSA) is 38.0 Å². The summed E-state index contributed by atoms with van der Waals surface area (Å²) in [5.74, 6) is 0. The zero-order chi connectivity index (χ0) is 9.10. The number of nitrogens with two attached hydrogens (primary N) is 1. The maximum absolute atomic E-state index is 5.71. The number of rotatable bonds is 1. The van der Waals surface area contributed by atoms with E-state index >= 15 is 0 Å². The highest BCUT2D eigenvalue weighted by atomic mass is 14.9. The average Bonchev–Trinajstić information content (AvgIpc) is 2.19. The maximum atomic E-state index is 5.71. The molecule has 1 heterocycles. The molecule has 1 aromatic carbocycles. The molecular weight excluding hydrogens is 160 g/mol. The summed E-state index contributed by atoms with van der Waals surface area (Å²) in [5, 5.41) is 3.37. The van der Waals surface area contributed by atoms with Gasteiger partial charge in [0.2, 0.25) is 0 Å². The van der Waals surface area contributed by atoms with Gasteiger partial charge in [-0.25, -0.2) is 0 Å². The van der Waals surface area contributed by atoms with E-state index in [-0.39, 0.29) is 0 Å². The Morgan fingerprint density at radius 1 is 1.31 bits per heavy atom. The summed E-state index contributed by atoms with van der Waals surface area (Å²) in [6.07, 6.45) is 4.63. The van der Waals surface area contributed by atoms with Gasteiger partial charge in [0, 0.05) is 17.9 Å². The van der Waals surface area contributed by atoms with Gasteiger partial charge in [-0.05, 0) is 30.5 Å². The minimum atomic E-state index is 0.825. The van der Waals surface area contributed by atoms with Crippen LogP contribution in [-0.2, 0) is 0 Å². The van der Waals surface area contributed by atoms with E-state index < -0.39 is 0 Å². The van der Waals surface area contributed by atoms with Crippen molar-refractivity contribution in [1.82, 2.24) is 5.32 Å². The standard InChI is InChI=1S/C11H14N2/c12-10-5-3-4-9(8-10)11-6-1-2-7-13-11/h3-6,8,13H,1-2,7,12H2. The van der Waals surface area contributed by atoms with Crippen LogP contribution in [0.4, 0.5) is 5.69 Å². The van der Waals surface area contributed by atoms with Gasteiger partial charge in [0.15, 0.2) is 0 Å². The smallest absolute Gasteiger partial charge is 0.0374 e. The van der Waals surface area contributed by atoms with Crippen molar-refractivity contribution in [3.8, 4) is 0 Å². The number of benzene rings is 1. The Morgan fingerprint density at radius 3 is 2.92 bits per heavy atom. The predicted molar refractivity (Wildman–Crippen MR) is 56.1 cm³/mol. The zero-order valence-corrected chi connectivity index (χ0v) is 7.59. The molecule has 1 aliphatic rings. The zero-order valence-electron chi connectivity index (χ0n) is 7.59. The van der Waals surface area contributed by atoms with Crippen molar-refractivity contribution in [3.05, 3.63) is 35.9 Å². The molecule has 13 heavy (non-hydrogen) atoms. The fraction of sp³-hybridized carbons (Fsp3) is 0.273. The monoisotopic (exact) mass is 174 g/mol. The lowest BCUT2D eigenvalue weighted by Crippen LogP contribution is -2.17. The van der Waals surface area contributed by atoms with Crippen molar-refractivity contribution in [2.75, 3.05) is 12.3 Å². The third kappa shape index (κ3) is 1.83. The van der Waals surface area contributed by atoms with E-state index in [4.69, 9.17) is 5.73 Å². The van der Waals surface area contributed by atoms with Gasteiger partial charge in [0.25, 0.3) is 0 Å². The largest absolute Gasteiger partial charge is 0.399 e. The normalized spacial score (nSPS) is 16.2. The van der Waals surface area contributed by atoms with Gasteiger partial charge in [-0.2, -0.15) is 0 Å². The lowest BCUT2D eigenvalue weighted by Gasteiger charge is -2.15. The molecule has 2 rings (SSSR count). The number of anilines is 1. The van der Waals surface area contributed by atoms with Gasteiger partial charge >= 0.3 is 0 Å². The summed E-state index contributed by atoms with van der Waals surface area (Å²) >= 11 is 0. The van der Waals surface area contributed by atoms with Crippen LogP contribution in [0, 0.1) is 0 Å². The highest BCUT2D eigenvalue weighted by Gasteiger charge is 2.04. The third-order valence-electron chi connectivity index (χ3n) is 2.24. The Morgan fingerprint density at radius 2 is 2.23 bits per heavy atom. The van der Waals surface area contributed by atoms with Crippen molar-refractivity contribution >= 4 is 11.4 Å². The van der Waals surface area contributed by atoms with Gasteiger partial charge < -0.3 is 11.1 Å². The molecule has 1 aromatic rings. The van der Waals surface area contributed by atoms with E-state index in [1.54, 1.807) is 0 Å².